The molecule has 1 aromatic carbocycles. The van der Waals surface area contributed by atoms with Gasteiger partial charge in [-0.3, -0.25) is 0 Å². The van der Waals surface area contributed by atoms with Crippen LogP contribution >= 0.6 is 50.1 Å². The monoisotopic (exact) mass is 452 g/mol. The second-order valence-corrected chi connectivity index (χ2v) is 6.09. The molecule has 0 saturated heterocycles. The molecule has 2 rings (SSSR count). The first-order valence-corrected chi connectivity index (χ1v) is 7.34. The Morgan fingerprint density at radius 2 is 2.11 bits per heavy atom. The van der Waals surface area contributed by atoms with E-state index in [2.05, 4.69) is 48.8 Å². The molecule has 19 heavy (non-hydrogen) atoms. The van der Waals surface area contributed by atoms with Crippen LogP contribution in [0.5, 0.6) is 0 Å². The average molecular weight is 453 g/mol. The zero-order valence-electron chi connectivity index (χ0n) is 9.32. The molecule has 0 fully saturated rings. The minimum atomic E-state index is -1.16. The first kappa shape index (κ1) is 14.5. The van der Waals surface area contributed by atoms with Crippen molar-refractivity contribution in [1.29, 1.82) is 0 Å². The molecule has 0 aliphatic rings. The molecule has 0 saturated carbocycles. The van der Waals surface area contributed by atoms with E-state index in [-0.39, 0.29) is 10.7 Å². The fourth-order valence-corrected chi connectivity index (χ4v) is 2.97. The van der Waals surface area contributed by atoms with E-state index in [4.69, 9.17) is 16.7 Å². The van der Waals surface area contributed by atoms with Crippen LogP contribution in [0, 0.1) is 3.57 Å². The van der Waals surface area contributed by atoms with Gasteiger partial charge in [0.15, 0.2) is 5.69 Å². The predicted octanol–water partition coefficient (Wildman–Crippen LogP) is 4.54. The van der Waals surface area contributed by atoms with E-state index in [1.165, 1.54) is 6.07 Å². The highest BCUT2D eigenvalue weighted by Crippen LogP contribution is 2.27. The fraction of sp³-hybridized carbons (Fsp3) is 0. The molecule has 0 atom stereocenters. The molecule has 1 aromatic heterocycles. The molecule has 2 N–H and O–H groups in total. The molecule has 7 heteroatoms. The summed E-state index contributed by atoms with van der Waals surface area (Å²) in [6.07, 6.45) is 0. The van der Waals surface area contributed by atoms with Crippen LogP contribution in [0.15, 0.2) is 34.8 Å². The van der Waals surface area contributed by atoms with Crippen molar-refractivity contribution in [2.75, 3.05) is 5.32 Å². The van der Waals surface area contributed by atoms with Crippen molar-refractivity contribution < 1.29 is 9.90 Å². The molecule has 2 aromatic rings. The van der Waals surface area contributed by atoms with E-state index in [1.807, 2.05) is 18.2 Å². The Morgan fingerprint density at radius 1 is 1.37 bits per heavy atom. The smallest absolute Gasteiger partial charge is 0.356 e. The van der Waals surface area contributed by atoms with Crippen LogP contribution in [-0.4, -0.2) is 16.1 Å². The molecule has 4 nitrogen and oxygen atoms in total. The quantitative estimate of drug-likeness (QED) is 0.670. The standard InChI is InChI=1S/C12H7BrClIN2O2/c13-7-5-6(15)1-3-9(7)16-10-4-2-8(14)11(17-10)12(18)19/h1-5H,(H,16,17)(H,18,19). The van der Waals surface area contributed by atoms with Gasteiger partial charge in [0.25, 0.3) is 0 Å². The Labute approximate surface area is 136 Å². The largest absolute Gasteiger partial charge is 0.476 e. The summed E-state index contributed by atoms with van der Waals surface area (Å²) < 4.78 is 1.96. The maximum Gasteiger partial charge on any atom is 0.356 e. The lowest BCUT2D eigenvalue weighted by molar-refractivity contribution is 0.0691. The van der Waals surface area contributed by atoms with Crippen LogP contribution in [0.2, 0.25) is 5.02 Å². The number of aromatic nitrogens is 1. The molecule has 0 bridgehead atoms. The van der Waals surface area contributed by atoms with Crippen LogP contribution in [-0.2, 0) is 0 Å². The van der Waals surface area contributed by atoms with Crippen molar-refractivity contribution in [2.45, 2.75) is 0 Å². The highest BCUT2D eigenvalue weighted by atomic mass is 127. The van der Waals surface area contributed by atoms with Crippen LogP contribution in [0.1, 0.15) is 10.5 Å². The highest BCUT2D eigenvalue weighted by Gasteiger charge is 2.12. The summed E-state index contributed by atoms with van der Waals surface area (Å²) in [5.74, 6) is -0.737. The third-order valence-corrected chi connectivity index (χ3v) is 3.87. The number of nitrogens with one attached hydrogen (secondary N) is 1. The molecule has 98 valence electrons. The molecule has 0 aliphatic carbocycles. The Balaban J connectivity index is 2.33. The first-order chi connectivity index (χ1) is 8.97. The van der Waals surface area contributed by atoms with Crippen molar-refractivity contribution in [3.8, 4) is 0 Å². The molecule has 1 heterocycles. The number of benzene rings is 1. The van der Waals surface area contributed by atoms with Gasteiger partial charge in [-0.15, -0.1) is 0 Å². The number of anilines is 2. The zero-order chi connectivity index (χ0) is 14.0. The maximum atomic E-state index is 11.0. The van der Waals surface area contributed by atoms with Gasteiger partial charge in [0.1, 0.15) is 5.82 Å². The summed E-state index contributed by atoms with van der Waals surface area (Å²) in [7, 11) is 0. The SMILES string of the molecule is O=C(O)c1nc(Nc2ccc(I)cc2Br)ccc1Cl. The van der Waals surface area contributed by atoms with Gasteiger partial charge in [0.05, 0.1) is 10.7 Å². The number of aromatic carboxylic acids is 1. The molecule has 0 radical (unpaired) electrons. The summed E-state index contributed by atoms with van der Waals surface area (Å²) in [4.78, 5) is 14.9. The number of nitrogens with zero attached hydrogens (tertiary/aromatic N) is 1. The Hall–Kier alpha value is -0.860. The van der Waals surface area contributed by atoms with E-state index in [9.17, 15) is 4.79 Å². The van der Waals surface area contributed by atoms with Gasteiger partial charge in [-0.25, -0.2) is 9.78 Å². The molecule has 0 unspecified atom stereocenters. The summed E-state index contributed by atoms with van der Waals surface area (Å²) in [6.45, 7) is 0. The molecule has 0 amide bonds. The second kappa shape index (κ2) is 6.06. The third-order valence-electron chi connectivity index (χ3n) is 2.24. The van der Waals surface area contributed by atoms with Crippen molar-refractivity contribution in [2.24, 2.45) is 0 Å². The van der Waals surface area contributed by atoms with E-state index in [0.717, 1.165) is 13.7 Å². The van der Waals surface area contributed by atoms with Gasteiger partial charge < -0.3 is 10.4 Å². The third kappa shape index (κ3) is 3.58. The Bertz CT molecular complexity index is 652. The Kier molecular flexibility index (Phi) is 4.64. The number of carboxylic acid groups (broad SMARTS) is 1. The van der Waals surface area contributed by atoms with E-state index < -0.39 is 5.97 Å². The highest BCUT2D eigenvalue weighted by molar-refractivity contribution is 14.1. The molecular weight excluding hydrogens is 446 g/mol. The van der Waals surface area contributed by atoms with Gasteiger partial charge >= 0.3 is 5.97 Å². The lowest BCUT2D eigenvalue weighted by atomic mass is 10.3. The topological polar surface area (TPSA) is 62.2 Å². The number of carboxylic acids is 1. The van der Waals surface area contributed by atoms with Crippen LogP contribution < -0.4 is 5.32 Å². The van der Waals surface area contributed by atoms with Crippen molar-refractivity contribution in [1.82, 2.24) is 4.98 Å². The molecular formula is C12H7BrClIN2O2. The lowest BCUT2D eigenvalue weighted by Gasteiger charge is -2.09. The van der Waals surface area contributed by atoms with Crippen molar-refractivity contribution >= 4 is 67.6 Å². The van der Waals surface area contributed by atoms with Crippen molar-refractivity contribution in [3.05, 3.63) is 49.1 Å². The number of rotatable bonds is 3. The lowest BCUT2D eigenvalue weighted by Crippen LogP contribution is -2.04. The van der Waals surface area contributed by atoms with Gasteiger partial charge in [0, 0.05) is 8.04 Å². The van der Waals surface area contributed by atoms with Gasteiger partial charge in [-0.2, -0.15) is 0 Å². The average Bonchev–Trinajstić information content (AvgIpc) is 2.34. The minimum absolute atomic E-state index is 0.111. The fourth-order valence-electron chi connectivity index (χ4n) is 1.39. The van der Waals surface area contributed by atoms with E-state index >= 15 is 0 Å². The van der Waals surface area contributed by atoms with Gasteiger partial charge in [0.2, 0.25) is 0 Å². The number of hydrogen-bond donors (Lipinski definition) is 2. The number of carbonyl (C=O) groups is 1. The number of halogens is 3. The predicted molar refractivity (Wildman–Crippen MR) is 86.3 cm³/mol. The van der Waals surface area contributed by atoms with E-state index in [1.54, 1.807) is 6.07 Å². The maximum absolute atomic E-state index is 11.0. The van der Waals surface area contributed by atoms with Crippen LogP contribution in [0.25, 0.3) is 0 Å². The Morgan fingerprint density at radius 3 is 2.74 bits per heavy atom. The summed E-state index contributed by atoms with van der Waals surface area (Å²) in [5.41, 5.74) is 0.625. The summed E-state index contributed by atoms with van der Waals surface area (Å²) in [6, 6.07) is 8.88. The van der Waals surface area contributed by atoms with Crippen LogP contribution in [0.4, 0.5) is 11.5 Å². The van der Waals surface area contributed by atoms with Crippen LogP contribution in [0.3, 0.4) is 0 Å². The molecule has 0 aliphatic heterocycles. The van der Waals surface area contributed by atoms with Crippen molar-refractivity contribution in [3.63, 3.8) is 0 Å². The zero-order valence-corrected chi connectivity index (χ0v) is 13.8. The second-order valence-electron chi connectivity index (χ2n) is 3.58. The van der Waals surface area contributed by atoms with Gasteiger partial charge in [-0.1, -0.05) is 11.6 Å². The summed E-state index contributed by atoms with van der Waals surface area (Å²) >= 11 is 11.4. The minimum Gasteiger partial charge on any atom is -0.476 e. The normalized spacial score (nSPS) is 10.3. The first-order valence-electron chi connectivity index (χ1n) is 5.09. The number of pyridine rings is 1. The summed E-state index contributed by atoms with van der Waals surface area (Å²) in [5, 5.41) is 12.1. The van der Waals surface area contributed by atoms with E-state index in [0.29, 0.717) is 5.82 Å². The van der Waals surface area contributed by atoms with Gasteiger partial charge in [-0.05, 0) is 68.9 Å². The molecule has 0 spiro atoms. The number of hydrogen-bond acceptors (Lipinski definition) is 3.